The largest absolute Gasteiger partial charge is 0.544 e. The van der Waals surface area contributed by atoms with E-state index in [1.54, 1.807) is 12.1 Å². The van der Waals surface area contributed by atoms with Gasteiger partial charge >= 0.3 is 5.97 Å². The lowest BCUT2D eigenvalue weighted by Crippen LogP contribution is -2.29. The molecule has 17 heavy (non-hydrogen) atoms. The lowest BCUT2D eigenvalue weighted by molar-refractivity contribution is 0.0378. The molecule has 0 aromatic heterocycles. The normalized spacial score (nSPS) is 11.4. The smallest absolute Gasteiger partial charge is 0.338 e. The van der Waals surface area contributed by atoms with Crippen LogP contribution in [-0.4, -0.2) is 20.4 Å². The van der Waals surface area contributed by atoms with Crippen LogP contribution in [0.5, 0.6) is 5.75 Å². The van der Waals surface area contributed by atoms with Crippen molar-refractivity contribution in [3.05, 3.63) is 29.8 Å². The molecule has 0 bridgehead atoms. The van der Waals surface area contributed by atoms with Gasteiger partial charge in [-0.1, -0.05) is 0 Å². The number of rotatable bonds is 4. The Labute approximate surface area is 104 Å². The van der Waals surface area contributed by atoms with Crippen LogP contribution in [0.2, 0.25) is 19.6 Å². The summed E-state index contributed by atoms with van der Waals surface area (Å²) >= 11 is 0. The standard InChI is InChI=1S/C13H20O3Si/c1-10(2)15-13(14)11-6-8-12(9-7-11)16-17(3,4)5/h6-10H,1-5H3. The molecule has 0 aliphatic carbocycles. The highest BCUT2D eigenvalue weighted by Gasteiger charge is 2.16. The van der Waals surface area contributed by atoms with Crippen LogP contribution in [0.15, 0.2) is 24.3 Å². The van der Waals surface area contributed by atoms with Crippen LogP contribution < -0.4 is 4.43 Å². The molecule has 0 N–H and O–H groups in total. The van der Waals surface area contributed by atoms with Gasteiger partial charge in [0.25, 0.3) is 0 Å². The maximum Gasteiger partial charge on any atom is 0.338 e. The van der Waals surface area contributed by atoms with Gasteiger partial charge in [-0.2, -0.15) is 0 Å². The Hall–Kier alpha value is -1.29. The average molecular weight is 252 g/mol. The van der Waals surface area contributed by atoms with Gasteiger partial charge in [0.1, 0.15) is 5.75 Å². The van der Waals surface area contributed by atoms with Gasteiger partial charge in [-0.05, 0) is 57.8 Å². The quantitative estimate of drug-likeness (QED) is 0.608. The number of esters is 1. The molecule has 0 aliphatic rings. The van der Waals surface area contributed by atoms with E-state index in [0.29, 0.717) is 5.56 Å². The first-order chi connectivity index (χ1) is 7.78. The fourth-order valence-electron chi connectivity index (χ4n) is 1.29. The molecule has 0 spiro atoms. The Morgan fingerprint density at radius 3 is 2.06 bits per heavy atom. The van der Waals surface area contributed by atoms with E-state index < -0.39 is 8.32 Å². The number of benzene rings is 1. The zero-order chi connectivity index (χ0) is 13.1. The number of ether oxygens (including phenoxy) is 1. The first kappa shape index (κ1) is 13.8. The molecule has 1 aromatic carbocycles. The summed E-state index contributed by atoms with van der Waals surface area (Å²) in [5.41, 5.74) is 0.557. The van der Waals surface area contributed by atoms with Gasteiger partial charge in [0.15, 0.2) is 0 Å². The summed E-state index contributed by atoms with van der Waals surface area (Å²) < 4.78 is 10.9. The second kappa shape index (κ2) is 5.36. The molecule has 0 saturated heterocycles. The third-order valence-electron chi connectivity index (χ3n) is 1.86. The van der Waals surface area contributed by atoms with Crippen molar-refractivity contribution < 1.29 is 14.0 Å². The molecule has 94 valence electrons. The van der Waals surface area contributed by atoms with E-state index in [9.17, 15) is 4.79 Å². The van der Waals surface area contributed by atoms with E-state index in [1.165, 1.54) is 0 Å². The van der Waals surface area contributed by atoms with Crippen molar-refractivity contribution in [1.29, 1.82) is 0 Å². The summed E-state index contributed by atoms with van der Waals surface area (Å²) in [5, 5.41) is 0. The lowest BCUT2D eigenvalue weighted by Gasteiger charge is -2.19. The van der Waals surface area contributed by atoms with Gasteiger partial charge in [-0.25, -0.2) is 4.79 Å². The van der Waals surface area contributed by atoms with Gasteiger partial charge in [0, 0.05) is 0 Å². The van der Waals surface area contributed by atoms with Crippen LogP contribution in [0.25, 0.3) is 0 Å². The van der Waals surface area contributed by atoms with E-state index in [1.807, 2.05) is 26.0 Å². The molecule has 0 heterocycles. The van der Waals surface area contributed by atoms with Gasteiger partial charge in [0.05, 0.1) is 11.7 Å². The SMILES string of the molecule is CC(C)OC(=O)c1ccc(O[Si](C)(C)C)cc1. The van der Waals surface area contributed by atoms with Crippen molar-refractivity contribution in [3.8, 4) is 5.75 Å². The predicted molar refractivity (Wildman–Crippen MR) is 71.0 cm³/mol. The summed E-state index contributed by atoms with van der Waals surface area (Å²) in [7, 11) is -1.58. The Morgan fingerprint density at radius 2 is 1.65 bits per heavy atom. The highest BCUT2D eigenvalue weighted by atomic mass is 28.4. The van der Waals surface area contributed by atoms with Crippen molar-refractivity contribution in [3.63, 3.8) is 0 Å². The predicted octanol–water partition coefficient (Wildman–Crippen LogP) is 3.47. The van der Waals surface area contributed by atoms with Crippen LogP contribution in [0, 0.1) is 0 Å². The zero-order valence-corrected chi connectivity index (χ0v) is 12.1. The Balaban J connectivity index is 2.71. The molecule has 0 unspecified atom stereocenters. The van der Waals surface area contributed by atoms with Crippen molar-refractivity contribution >= 4 is 14.3 Å². The molecule has 4 heteroatoms. The Kier molecular flexibility index (Phi) is 4.34. The fourth-order valence-corrected chi connectivity index (χ4v) is 2.14. The number of hydrogen-bond acceptors (Lipinski definition) is 3. The highest BCUT2D eigenvalue weighted by Crippen LogP contribution is 2.17. The number of hydrogen-bond donors (Lipinski definition) is 0. The first-order valence-electron chi connectivity index (χ1n) is 5.78. The lowest BCUT2D eigenvalue weighted by atomic mass is 10.2. The van der Waals surface area contributed by atoms with Crippen molar-refractivity contribution in [2.75, 3.05) is 0 Å². The second-order valence-electron chi connectivity index (χ2n) is 5.19. The van der Waals surface area contributed by atoms with Crippen molar-refractivity contribution in [2.24, 2.45) is 0 Å². The molecule has 0 aliphatic heterocycles. The molecular weight excluding hydrogens is 232 g/mol. The molecule has 0 fully saturated rings. The average Bonchev–Trinajstić information content (AvgIpc) is 2.15. The van der Waals surface area contributed by atoms with Gasteiger partial charge in [-0.15, -0.1) is 0 Å². The molecule has 3 nitrogen and oxygen atoms in total. The molecule has 1 rings (SSSR count). The third-order valence-corrected chi connectivity index (χ3v) is 2.70. The van der Waals surface area contributed by atoms with Crippen LogP contribution >= 0.6 is 0 Å². The van der Waals surface area contributed by atoms with E-state index in [2.05, 4.69) is 19.6 Å². The summed E-state index contributed by atoms with van der Waals surface area (Å²) in [6.45, 7) is 10.0. The van der Waals surface area contributed by atoms with E-state index in [-0.39, 0.29) is 12.1 Å². The highest BCUT2D eigenvalue weighted by molar-refractivity contribution is 6.70. The maximum absolute atomic E-state index is 11.6. The summed E-state index contributed by atoms with van der Waals surface area (Å²) in [4.78, 5) is 11.6. The minimum Gasteiger partial charge on any atom is -0.544 e. The van der Waals surface area contributed by atoms with Crippen LogP contribution in [0.1, 0.15) is 24.2 Å². The Bertz CT molecular complexity index is 377. The molecular formula is C13H20O3Si. The summed E-state index contributed by atoms with van der Waals surface area (Å²) in [6, 6.07) is 7.10. The van der Waals surface area contributed by atoms with E-state index >= 15 is 0 Å². The topological polar surface area (TPSA) is 35.5 Å². The Morgan fingerprint density at radius 1 is 1.12 bits per heavy atom. The van der Waals surface area contributed by atoms with Gasteiger partial charge in [-0.3, -0.25) is 0 Å². The summed E-state index contributed by atoms with van der Waals surface area (Å²) in [6.07, 6.45) is -0.0968. The number of carbonyl (C=O) groups excluding carboxylic acids is 1. The van der Waals surface area contributed by atoms with Gasteiger partial charge in [0.2, 0.25) is 8.32 Å². The molecule has 1 aromatic rings. The molecule has 0 saturated carbocycles. The number of carbonyl (C=O) groups is 1. The van der Waals surface area contributed by atoms with Crippen molar-refractivity contribution in [2.45, 2.75) is 39.6 Å². The summed E-state index contributed by atoms with van der Waals surface area (Å²) in [5.74, 6) is 0.518. The van der Waals surface area contributed by atoms with Crippen LogP contribution in [0.4, 0.5) is 0 Å². The molecule has 0 radical (unpaired) electrons. The van der Waals surface area contributed by atoms with E-state index in [0.717, 1.165) is 5.75 Å². The monoisotopic (exact) mass is 252 g/mol. The van der Waals surface area contributed by atoms with Gasteiger partial charge < -0.3 is 9.16 Å². The van der Waals surface area contributed by atoms with Crippen molar-refractivity contribution in [1.82, 2.24) is 0 Å². The minimum atomic E-state index is -1.58. The molecule has 0 amide bonds. The fraction of sp³-hybridized carbons (Fsp3) is 0.462. The maximum atomic E-state index is 11.6. The minimum absolute atomic E-state index is 0.0968. The third kappa shape index (κ3) is 5.04. The first-order valence-corrected chi connectivity index (χ1v) is 9.19. The van der Waals surface area contributed by atoms with Crippen LogP contribution in [0.3, 0.4) is 0 Å². The molecule has 0 atom stereocenters. The van der Waals surface area contributed by atoms with E-state index in [4.69, 9.17) is 9.16 Å². The zero-order valence-electron chi connectivity index (χ0n) is 11.1. The van der Waals surface area contributed by atoms with Crippen LogP contribution in [-0.2, 0) is 4.74 Å². The second-order valence-corrected chi connectivity index (χ2v) is 9.62.